The molecule has 0 bridgehead atoms. The Morgan fingerprint density at radius 2 is 2.11 bits per heavy atom. The van der Waals surface area contributed by atoms with Crippen LogP contribution < -0.4 is 5.32 Å². The van der Waals surface area contributed by atoms with Gasteiger partial charge in [-0.3, -0.25) is 0 Å². The van der Waals surface area contributed by atoms with E-state index >= 15 is 0 Å². The summed E-state index contributed by atoms with van der Waals surface area (Å²) in [7, 11) is -3.15. The van der Waals surface area contributed by atoms with Crippen molar-refractivity contribution < 1.29 is 8.42 Å². The third-order valence-electron chi connectivity index (χ3n) is 3.40. The summed E-state index contributed by atoms with van der Waals surface area (Å²) in [5.41, 5.74) is 0.746. The topological polar surface area (TPSA) is 46.2 Å². The average molecular weight is 299 g/mol. The van der Waals surface area contributed by atoms with Crippen molar-refractivity contribution in [1.29, 1.82) is 0 Å². The fourth-order valence-corrected chi connectivity index (χ4v) is 4.54. The highest BCUT2D eigenvalue weighted by Gasteiger charge is 2.18. The zero-order valence-corrected chi connectivity index (χ0v) is 12.9. The number of thioether (sulfide) groups is 1. The molecule has 0 spiro atoms. The predicted molar refractivity (Wildman–Crippen MR) is 82.8 cm³/mol. The molecule has 3 nitrogen and oxygen atoms in total. The lowest BCUT2D eigenvalue weighted by atomic mass is 10.2. The molecule has 1 unspecified atom stereocenters. The van der Waals surface area contributed by atoms with E-state index in [1.54, 1.807) is 19.1 Å². The first-order chi connectivity index (χ1) is 9.13. The molecule has 0 radical (unpaired) electrons. The van der Waals surface area contributed by atoms with E-state index in [0.29, 0.717) is 10.1 Å². The van der Waals surface area contributed by atoms with Crippen LogP contribution >= 0.6 is 11.8 Å². The molecule has 0 aliphatic carbocycles. The fraction of sp³-hybridized carbons (Fsp3) is 0.571. The van der Waals surface area contributed by atoms with Crippen molar-refractivity contribution in [3.8, 4) is 0 Å². The molecule has 1 aromatic rings. The molecule has 1 atom stereocenters. The van der Waals surface area contributed by atoms with Gasteiger partial charge in [0.1, 0.15) is 0 Å². The van der Waals surface area contributed by atoms with Crippen LogP contribution in [0.5, 0.6) is 0 Å². The van der Waals surface area contributed by atoms with E-state index in [1.807, 2.05) is 23.9 Å². The van der Waals surface area contributed by atoms with Crippen molar-refractivity contribution in [3.05, 3.63) is 24.3 Å². The van der Waals surface area contributed by atoms with Gasteiger partial charge >= 0.3 is 0 Å². The Balaban J connectivity index is 2.07. The molecule has 1 N–H and O–H groups in total. The molecule has 5 heteroatoms. The molecule has 0 aromatic heterocycles. The molecule has 1 fully saturated rings. The lowest BCUT2D eigenvalue weighted by molar-refractivity contribution is 0.597. The maximum Gasteiger partial charge on any atom is 0.180 e. The number of para-hydroxylation sites is 1. The number of sulfone groups is 1. The Labute approximate surface area is 120 Å². The lowest BCUT2D eigenvalue weighted by Gasteiger charge is -2.22. The third-order valence-corrected chi connectivity index (χ3v) is 6.58. The van der Waals surface area contributed by atoms with Gasteiger partial charge in [-0.15, -0.1) is 0 Å². The molecule has 0 amide bonds. The highest BCUT2D eigenvalue weighted by Crippen LogP contribution is 2.27. The number of anilines is 1. The van der Waals surface area contributed by atoms with E-state index in [0.717, 1.165) is 12.2 Å². The summed E-state index contributed by atoms with van der Waals surface area (Å²) in [6.45, 7) is 2.53. The number of hydrogen-bond acceptors (Lipinski definition) is 4. The summed E-state index contributed by atoms with van der Waals surface area (Å²) in [6, 6.07) is 7.21. The largest absolute Gasteiger partial charge is 0.383 e. The van der Waals surface area contributed by atoms with Crippen LogP contribution in [0, 0.1) is 0 Å². The Morgan fingerprint density at radius 3 is 2.79 bits per heavy atom. The van der Waals surface area contributed by atoms with E-state index in [-0.39, 0.29) is 5.75 Å². The maximum atomic E-state index is 12.0. The van der Waals surface area contributed by atoms with Crippen molar-refractivity contribution >= 4 is 27.3 Å². The Morgan fingerprint density at radius 1 is 1.32 bits per heavy atom. The Hall–Kier alpha value is -0.680. The molecule has 19 heavy (non-hydrogen) atoms. The number of rotatable bonds is 5. The first-order valence-corrected chi connectivity index (χ1v) is 9.51. The van der Waals surface area contributed by atoms with Crippen LogP contribution in [0.25, 0.3) is 0 Å². The summed E-state index contributed by atoms with van der Waals surface area (Å²) in [5, 5.41) is 3.93. The molecule has 1 aliphatic heterocycles. The molecule has 1 heterocycles. The number of benzene rings is 1. The minimum absolute atomic E-state index is 0.143. The first kappa shape index (κ1) is 14.7. The molecular weight excluding hydrogens is 278 g/mol. The second-order valence-corrected chi connectivity index (χ2v) is 8.42. The van der Waals surface area contributed by atoms with Gasteiger partial charge in [0.05, 0.1) is 16.3 Å². The molecule has 106 valence electrons. The number of nitrogens with one attached hydrogen (secondary N) is 1. The maximum absolute atomic E-state index is 12.0. The quantitative estimate of drug-likeness (QED) is 0.907. The van der Waals surface area contributed by atoms with Gasteiger partial charge in [-0.2, -0.15) is 11.8 Å². The van der Waals surface area contributed by atoms with Crippen molar-refractivity contribution in [2.75, 3.05) is 23.4 Å². The SMILES string of the molecule is CCS(=O)(=O)c1ccccc1NCC1CCCCS1. The summed E-state index contributed by atoms with van der Waals surface area (Å²) in [6.07, 6.45) is 3.82. The molecule has 0 saturated carbocycles. The van der Waals surface area contributed by atoms with Crippen LogP contribution in [0.2, 0.25) is 0 Å². The van der Waals surface area contributed by atoms with Gasteiger partial charge in [0.25, 0.3) is 0 Å². The van der Waals surface area contributed by atoms with Crippen LogP contribution in [0.15, 0.2) is 29.2 Å². The van der Waals surface area contributed by atoms with Crippen LogP contribution in [0.4, 0.5) is 5.69 Å². The van der Waals surface area contributed by atoms with Crippen LogP contribution in [0.3, 0.4) is 0 Å². The Bertz CT molecular complexity index is 508. The van der Waals surface area contributed by atoms with Gasteiger partial charge < -0.3 is 5.32 Å². The van der Waals surface area contributed by atoms with Crippen LogP contribution in [0.1, 0.15) is 26.2 Å². The Kier molecular flexibility index (Phi) is 5.16. The smallest absolute Gasteiger partial charge is 0.180 e. The van der Waals surface area contributed by atoms with Gasteiger partial charge in [0, 0.05) is 11.8 Å². The second-order valence-electron chi connectivity index (χ2n) is 4.77. The lowest BCUT2D eigenvalue weighted by Crippen LogP contribution is -2.21. The average Bonchev–Trinajstić information content (AvgIpc) is 2.46. The monoisotopic (exact) mass is 299 g/mol. The van der Waals surface area contributed by atoms with E-state index < -0.39 is 9.84 Å². The van der Waals surface area contributed by atoms with Crippen LogP contribution in [-0.4, -0.2) is 31.7 Å². The minimum Gasteiger partial charge on any atom is -0.383 e. The van der Waals surface area contributed by atoms with Crippen molar-refractivity contribution in [3.63, 3.8) is 0 Å². The standard InChI is InChI=1S/C14H21NO2S2/c1-2-19(16,17)14-9-4-3-8-13(14)15-11-12-7-5-6-10-18-12/h3-4,8-9,12,15H,2,5-7,10-11H2,1H3. The van der Waals surface area contributed by atoms with E-state index in [1.165, 1.54) is 25.0 Å². The van der Waals surface area contributed by atoms with Gasteiger partial charge in [0.15, 0.2) is 9.84 Å². The highest BCUT2D eigenvalue weighted by molar-refractivity contribution is 8.00. The van der Waals surface area contributed by atoms with Crippen molar-refractivity contribution in [2.45, 2.75) is 36.3 Å². The molecular formula is C14H21NO2S2. The van der Waals surface area contributed by atoms with Crippen molar-refractivity contribution in [1.82, 2.24) is 0 Å². The fourth-order valence-electron chi connectivity index (χ4n) is 2.23. The normalized spacial score (nSPS) is 20.2. The molecule has 1 aliphatic rings. The summed E-state index contributed by atoms with van der Waals surface area (Å²) >= 11 is 1.99. The molecule has 1 saturated heterocycles. The molecule has 2 rings (SSSR count). The van der Waals surface area contributed by atoms with Gasteiger partial charge in [-0.25, -0.2) is 8.42 Å². The highest BCUT2D eigenvalue weighted by atomic mass is 32.2. The number of hydrogen-bond donors (Lipinski definition) is 1. The van der Waals surface area contributed by atoms with Crippen LogP contribution in [-0.2, 0) is 9.84 Å². The first-order valence-electron chi connectivity index (χ1n) is 6.81. The summed E-state index contributed by atoms with van der Waals surface area (Å²) in [5.74, 6) is 1.37. The zero-order chi connectivity index (χ0) is 13.7. The van der Waals surface area contributed by atoms with E-state index in [2.05, 4.69) is 5.32 Å². The summed E-state index contributed by atoms with van der Waals surface area (Å²) < 4.78 is 24.1. The van der Waals surface area contributed by atoms with Gasteiger partial charge in [-0.1, -0.05) is 25.5 Å². The summed E-state index contributed by atoms with van der Waals surface area (Å²) in [4.78, 5) is 0.429. The van der Waals surface area contributed by atoms with E-state index in [9.17, 15) is 8.42 Å². The van der Waals surface area contributed by atoms with Crippen molar-refractivity contribution in [2.24, 2.45) is 0 Å². The minimum atomic E-state index is -3.15. The zero-order valence-electron chi connectivity index (χ0n) is 11.3. The van der Waals surface area contributed by atoms with E-state index in [4.69, 9.17) is 0 Å². The molecule has 1 aromatic carbocycles. The second kappa shape index (κ2) is 6.66. The van der Waals surface area contributed by atoms with Gasteiger partial charge in [-0.05, 0) is 30.7 Å². The predicted octanol–water partition coefficient (Wildman–Crippen LogP) is 3.18. The van der Waals surface area contributed by atoms with Gasteiger partial charge in [0.2, 0.25) is 0 Å². The third kappa shape index (κ3) is 3.89.